The van der Waals surface area contributed by atoms with E-state index in [1.165, 1.54) is 18.3 Å². The lowest BCUT2D eigenvalue weighted by Crippen LogP contribution is -2.32. The average molecular weight is 482 g/mol. The first-order valence-corrected chi connectivity index (χ1v) is 12.6. The van der Waals surface area contributed by atoms with Gasteiger partial charge in [-0.25, -0.2) is 23.1 Å². The van der Waals surface area contributed by atoms with Crippen LogP contribution in [0, 0.1) is 6.92 Å². The van der Waals surface area contributed by atoms with E-state index in [4.69, 9.17) is 9.47 Å². The molecule has 1 aliphatic heterocycles. The topological polar surface area (TPSA) is 107 Å². The summed E-state index contributed by atoms with van der Waals surface area (Å²) in [5.74, 6) is -0.110. The van der Waals surface area contributed by atoms with Gasteiger partial charge >= 0.3 is 0 Å². The number of hydrogen-bond acceptors (Lipinski definition) is 7. The summed E-state index contributed by atoms with van der Waals surface area (Å²) in [7, 11) is -4.18. The molecule has 1 N–H and O–H groups in total. The molecule has 2 bridgehead atoms. The van der Waals surface area contributed by atoms with E-state index in [0.717, 1.165) is 27.8 Å². The van der Waals surface area contributed by atoms with Crippen molar-refractivity contribution in [2.75, 3.05) is 13.2 Å². The van der Waals surface area contributed by atoms with Crippen molar-refractivity contribution >= 4 is 15.9 Å². The molecule has 0 aliphatic carbocycles. The van der Waals surface area contributed by atoms with Gasteiger partial charge in [-0.3, -0.25) is 4.79 Å². The molecule has 178 valence electrons. The third-order valence-electron chi connectivity index (χ3n) is 5.49. The van der Waals surface area contributed by atoms with Crippen molar-refractivity contribution in [3.63, 3.8) is 0 Å². The first-order valence-electron chi connectivity index (χ1n) is 11.1. The van der Waals surface area contributed by atoms with Crippen LogP contribution in [-0.2, 0) is 21.2 Å². The van der Waals surface area contributed by atoms with E-state index in [0.29, 0.717) is 18.9 Å². The number of carbonyl (C=O) groups is 1. The number of rotatable bonds is 1. The molecule has 0 unspecified atom stereocenters. The molecule has 1 amide bonds. The van der Waals surface area contributed by atoms with Crippen LogP contribution in [0.2, 0.25) is 0 Å². The van der Waals surface area contributed by atoms with Crippen LogP contribution in [-0.4, -0.2) is 37.5 Å². The monoisotopic (exact) mass is 481 g/mol. The smallest absolute Gasteiger partial charge is 0.269 e. The normalized spacial score (nSPS) is 15.9. The Labute approximate surface area is 199 Å². The third-order valence-corrected chi connectivity index (χ3v) is 6.87. The van der Waals surface area contributed by atoms with Crippen molar-refractivity contribution in [3.8, 4) is 22.9 Å². The van der Waals surface area contributed by atoms with E-state index in [9.17, 15) is 13.2 Å². The second-order valence-electron chi connectivity index (χ2n) is 8.48. The lowest BCUT2D eigenvalue weighted by Gasteiger charge is -2.20. The van der Waals surface area contributed by atoms with Gasteiger partial charge in [-0.15, -0.1) is 0 Å². The van der Waals surface area contributed by atoms with Crippen LogP contribution in [0.1, 0.15) is 42.9 Å². The number of ether oxygens (including phenoxy) is 2. The van der Waals surface area contributed by atoms with Gasteiger partial charge in [-0.1, -0.05) is 31.5 Å². The van der Waals surface area contributed by atoms with Crippen LogP contribution in [0.25, 0.3) is 11.1 Å². The Balaban J connectivity index is 1.84. The molecule has 0 fully saturated rings. The fourth-order valence-electron chi connectivity index (χ4n) is 3.97. The SMILES string of the molecule is Cc1cc2c(c(C(C)C)c1)CC(=O)NS(=O)(=O)c1cccnc1OCCCOc1cc-2ccn1. The van der Waals surface area contributed by atoms with Gasteiger partial charge in [0.1, 0.15) is 4.90 Å². The Morgan fingerprint density at radius 3 is 2.62 bits per heavy atom. The highest BCUT2D eigenvalue weighted by Gasteiger charge is 2.25. The molecule has 8 nitrogen and oxygen atoms in total. The Morgan fingerprint density at radius 1 is 1.03 bits per heavy atom. The van der Waals surface area contributed by atoms with E-state index in [-0.39, 0.29) is 29.7 Å². The van der Waals surface area contributed by atoms with Gasteiger partial charge in [0.15, 0.2) is 0 Å². The maximum Gasteiger partial charge on any atom is 0.269 e. The minimum Gasteiger partial charge on any atom is -0.478 e. The van der Waals surface area contributed by atoms with Crippen molar-refractivity contribution in [1.29, 1.82) is 0 Å². The highest BCUT2D eigenvalue weighted by molar-refractivity contribution is 7.90. The minimum absolute atomic E-state index is 0.0612. The van der Waals surface area contributed by atoms with Gasteiger partial charge in [-0.2, -0.15) is 0 Å². The number of carbonyl (C=O) groups excluding carboxylic acids is 1. The lowest BCUT2D eigenvalue weighted by molar-refractivity contribution is -0.118. The van der Waals surface area contributed by atoms with Crippen LogP contribution in [0.4, 0.5) is 0 Å². The number of amides is 1. The number of benzene rings is 1. The molecular formula is C25H27N3O5S. The molecule has 0 spiro atoms. The summed E-state index contributed by atoms with van der Waals surface area (Å²) < 4.78 is 39.7. The average Bonchev–Trinajstić information content (AvgIpc) is 2.79. The highest BCUT2D eigenvalue weighted by Crippen LogP contribution is 2.33. The van der Waals surface area contributed by atoms with E-state index in [2.05, 4.69) is 14.7 Å². The molecule has 0 atom stereocenters. The zero-order valence-electron chi connectivity index (χ0n) is 19.4. The first kappa shape index (κ1) is 23.7. The fraction of sp³-hybridized carbons (Fsp3) is 0.320. The molecule has 1 aromatic carbocycles. The first-order chi connectivity index (χ1) is 16.2. The molecule has 0 saturated heterocycles. The lowest BCUT2D eigenvalue weighted by atomic mass is 9.87. The molecule has 1 aliphatic rings. The number of aryl methyl sites for hydroxylation is 1. The van der Waals surface area contributed by atoms with Crippen molar-refractivity contribution in [2.45, 2.75) is 44.4 Å². The molecule has 3 heterocycles. The van der Waals surface area contributed by atoms with Crippen molar-refractivity contribution in [1.82, 2.24) is 14.7 Å². The van der Waals surface area contributed by atoms with Crippen molar-refractivity contribution in [3.05, 3.63) is 65.5 Å². The number of fused-ring (bicyclic) bond motifs is 5. The van der Waals surface area contributed by atoms with Gasteiger partial charge in [0.05, 0.1) is 19.6 Å². The van der Waals surface area contributed by atoms with Crippen molar-refractivity contribution < 1.29 is 22.7 Å². The number of pyridine rings is 2. The zero-order valence-corrected chi connectivity index (χ0v) is 20.2. The predicted octanol–water partition coefficient (Wildman–Crippen LogP) is 3.78. The number of aromatic nitrogens is 2. The van der Waals surface area contributed by atoms with E-state index in [1.807, 2.05) is 45.0 Å². The van der Waals surface area contributed by atoms with Gasteiger partial charge in [0.25, 0.3) is 10.0 Å². The summed E-state index contributed by atoms with van der Waals surface area (Å²) in [5, 5.41) is 0. The molecule has 9 heteroatoms. The number of sulfonamides is 1. The number of nitrogens with one attached hydrogen (secondary N) is 1. The molecule has 34 heavy (non-hydrogen) atoms. The van der Waals surface area contributed by atoms with Crippen LogP contribution >= 0.6 is 0 Å². The Kier molecular flexibility index (Phi) is 6.83. The second kappa shape index (κ2) is 9.80. The molecular weight excluding hydrogens is 454 g/mol. The molecule has 0 saturated carbocycles. The van der Waals surface area contributed by atoms with E-state index >= 15 is 0 Å². The maximum absolute atomic E-state index is 13.1. The van der Waals surface area contributed by atoms with Crippen LogP contribution in [0.5, 0.6) is 11.8 Å². The molecule has 2 aromatic heterocycles. The quantitative estimate of drug-likeness (QED) is 0.563. The van der Waals surface area contributed by atoms with Gasteiger partial charge < -0.3 is 9.47 Å². The van der Waals surface area contributed by atoms with E-state index < -0.39 is 15.9 Å². The Bertz CT molecular complexity index is 1320. The molecule has 3 aromatic rings. The van der Waals surface area contributed by atoms with Gasteiger partial charge in [0, 0.05) is 24.9 Å². The van der Waals surface area contributed by atoms with Crippen LogP contribution in [0.15, 0.2) is 53.7 Å². The fourth-order valence-corrected chi connectivity index (χ4v) is 5.05. The summed E-state index contributed by atoms with van der Waals surface area (Å²) in [5.41, 5.74) is 4.48. The summed E-state index contributed by atoms with van der Waals surface area (Å²) in [4.78, 5) is 21.2. The maximum atomic E-state index is 13.1. The zero-order chi connectivity index (χ0) is 24.3. The summed E-state index contributed by atoms with van der Waals surface area (Å²) in [6.07, 6.45) is 3.48. The summed E-state index contributed by atoms with van der Waals surface area (Å²) in [6, 6.07) is 10.6. The largest absolute Gasteiger partial charge is 0.478 e. The molecule has 0 radical (unpaired) electrons. The number of hydrogen-bond donors (Lipinski definition) is 1. The second-order valence-corrected chi connectivity index (χ2v) is 10.1. The summed E-state index contributed by atoms with van der Waals surface area (Å²) >= 11 is 0. The third kappa shape index (κ3) is 5.20. The van der Waals surface area contributed by atoms with Crippen molar-refractivity contribution in [2.24, 2.45) is 0 Å². The van der Waals surface area contributed by atoms with Crippen LogP contribution < -0.4 is 14.2 Å². The van der Waals surface area contributed by atoms with Crippen LogP contribution in [0.3, 0.4) is 0 Å². The number of nitrogens with zero attached hydrogens (tertiary/aromatic N) is 2. The Hall–Kier alpha value is -3.46. The Morgan fingerprint density at radius 2 is 1.82 bits per heavy atom. The van der Waals surface area contributed by atoms with E-state index in [1.54, 1.807) is 6.20 Å². The minimum atomic E-state index is -4.18. The highest BCUT2D eigenvalue weighted by atomic mass is 32.2. The van der Waals surface area contributed by atoms with Gasteiger partial charge in [-0.05, 0) is 53.3 Å². The standard InChI is InChI=1S/C25H27N3O5S/c1-16(2)19-12-17(3)13-20-18-7-9-26-24(14-18)32-10-5-11-33-25-22(6-4-8-27-25)34(30,31)28-23(29)15-21(19)20/h4,6-9,12-14,16H,5,10-11,15H2,1-3H3,(H,28,29). The molecule has 4 rings (SSSR count). The summed E-state index contributed by atoms with van der Waals surface area (Å²) in [6.45, 7) is 6.61. The van der Waals surface area contributed by atoms with Gasteiger partial charge in [0.2, 0.25) is 17.7 Å². The predicted molar refractivity (Wildman–Crippen MR) is 127 cm³/mol.